The van der Waals surface area contributed by atoms with Gasteiger partial charge in [0.2, 0.25) is 5.91 Å². The lowest BCUT2D eigenvalue weighted by Gasteiger charge is -2.39. The summed E-state index contributed by atoms with van der Waals surface area (Å²) >= 11 is 0. The fraction of sp³-hybridized carbons (Fsp3) is 0.882. The summed E-state index contributed by atoms with van der Waals surface area (Å²) < 4.78 is 0. The number of hydrogen-bond donors (Lipinski definition) is 2. The maximum absolute atomic E-state index is 12.5. The van der Waals surface area contributed by atoms with Crippen LogP contribution >= 0.6 is 12.4 Å². The smallest absolute Gasteiger partial charge is 0.317 e. The second-order valence-electron chi connectivity index (χ2n) is 7.30. The van der Waals surface area contributed by atoms with Gasteiger partial charge in [-0.3, -0.25) is 4.79 Å². The number of carbonyl (C=O) groups is 2. The molecule has 3 fully saturated rings. The van der Waals surface area contributed by atoms with Crippen LogP contribution in [0.4, 0.5) is 4.79 Å². The van der Waals surface area contributed by atoms with Crippen molar-refractivity contribution in [2.24, 2.45) is 11.8 Å². The second-order valence-corrected chi connectivity index (χ2v) is 7.30. The first-order valence-electron chi connectivity index (χ1n) is 9.20. The van der Waals surface area contributed by atoms with Crippen molar-refractivity contribution in [3.05, 3.63) is 0 Å². The van der Waals surface area contributed by atoms with E-state index in [4.69, 9.17) is 0 Å². The molecule has 0 aromatic heterocycles. The highest BCUT2D eigenvalue weighted by atomic mass is 35.5. The summed E-state index contributed by atoms with van der Waals surface area (Å²) in [4.78, 5) is 28.7. The number of nitrogens with zero attached hydrogens (tertiary/aromatic N) is 2. The van der Waals surface area contributed by atoms with E-state index in [-0.39, 0.29) is 30.3 Å². The van der Waals surface area contributed by atoms with E-state index in [0.717, 1.165) is 25.9 Å². The van der Waals surface area contributed by atoms with Crippen molar-refractivity contribution in [3.8, 4) is 0 Å². The maximum Gasteiger partial charge on any atom is 0.317 e. The average molecular weight is 359 g/mol. The molecule has 0 aromatic carbocycles. The zero-order valence-electron chi connectivity index (χ0n) is 14.6. The van der Waals surface area contributed by atoms with E-state index in [1.54, 1.807) is 0 Å². The minimum Gasteiger partial charge on any atom is -0.339 e. The highest BCUT2D eigenvalue weighted by molar-refractivity contribution is 5.85. The molecule has 6 nitrogen and oxygen atoms in total. The van der Waals surface area contributed by atoms with Gasteiger partial charge < -0.3 is 20.4 Å². The van der Waals surface area contributed by atoms with Gasteiger partial charge in [0, 0.05) is 38.1 Å². The minimum absolute atomic E-state index is 0. The lowest BCUT2D eigenvalue weighted by atomic mass is 9.88. The first-order valence-corrected chi connectivity index (χ1v) is 9.20. The first kappa shape index (κ1) is 19.3. The molecule has 1 aliphatic carbocycles. The lowest BCUT2D eigenvalue weighted by molar-refractivity contribution is -0.138. The van der Waals surface area contributed by atoms with E-state index in [9.17, 15) is 9.59 Å². The van der Waals surface area contributed by atoms with Crippen molar-refractivity contribution in [2.75, 3.05) is 39.3 Å². The first-order chi connectivity index (χ1) is 11.1. The summed E-state index contributed by atoms with van der Waals surface area (Å²) in [5.41, 5.74) is 0. The monoisotopic (exact) mass is 358 g/mol. The molecule has 2 heterocycles. The average Bonchev–Trinajstić information content (AvgIpc) is 2.53. The van der Waals surface area contributed by atoms with Gasteiger partial charge in [0.15, 0.2) is 0 Å². The van der Waals surface area contributed by atoms with Crippen molar-refractivity contribution in [1.29, 1.82) is 0 Å². The Hall–Kier alpha value is -1.01. The molecule has 2 aliphatic heterocycles. The van der Waals surface area contributed by atoms with E-state index in [2.05, 4.69) is 10.6 Å². The molecule has 7 heteroatoms. The predicted octanol–water partition coefficient (Wildman–Crippen LogP) is 1.45. The van der Waals surface area contributed by atoms with E-state index >= 15 is 0 Å². The molecular formula is C17H31ClN4O2. The lowest BCUT2D eigenvalue weighted by Crippen LogP contribution is -2.57. The van der Waals surface area contributed by atoms with Crippen LogP contribution in [-0.2, 0) is 4.79 Å². The van der Waals surface area contributed by atoms with Crippen molar-refractivity contribution >= 4 is 24.3 Å². The highest BCUT2D eigenvalue weighted by Gasteiger charge is 2.33. The third-order valence-electron chi connectivity index (χ3n) is 5.72. The molecular weight excluding hydrogens is 328 g/mol. The van der Waals surface area contributed by atoms with Crippen LogP contribution in [0.5, 0.6) is 0 Å². The van der Waals surface area contributed by atoms with Crippen LogP contribution in [0.3, 0.4) is 0 Å². The van der Waals surface area contributed by atoms with Crippen molar-refractivity contribution in [1.82, 2.24) is 20.4 Å². The Morgan fingerprint density at radius 2 is 1.58 bits per heavy atom. The molecule has 3 rings (SSSR count). The van der Waals surface area contributed by atoms with Crippen LogP contribution in [0, 0.1) is 11.8 Å². The van der Waals surface area contributed by atoms with Gasteiger partial charge in [-0.2, -0.15) is 0 Å². The molecule has 3 aliphatic rings. The van der Waals surface area contributed by atoms with Crippen LogP contribution in [0.25, 0.3) is 0 Å². The minimum atomic E-state index is 0. The Labute approximate surface area is 151 Å². The van der Waals surface area contributed by atoms with Crippen LogP contribution in [0.15, 0.2) is 0 Å². The maximum atomic E-state index is 12.5. The topological polar surface area (TPSA) is 64.7 Å². The molecule has 138 valence electrons. The van der Waals surface area contributed by atoms with Crippen LogP contribution < -0.4 is 10.6 Å². The van der Waals surface area contributed by atoms with E-state index in [1.165, 1.54) is 19.3 Å². The van der Waals surface area contributed by atoms with E-state index < -0.39 is 0 Å². The number of amides is 3. The second kappa shape index (κ2) is 8.90. The van der Waals surface area contributed by atoms with Crippen LogP contribution in [0.1, 0.15) is 39.0 Å². The molecule has 1 unspecified atom stereocenters. The van der Waals surface area contributed by atoms with Gasteiger partial charge in [-0.05, 0) is 31.8 Å². The van der Waals surface area contributed by atoms with E-state index in [0.29, 0.717) is 38.1 Å². The van der Waals surface area contributed by atoms with Gasteiger partial charge in [0.25, 0.3) is 0 Å². The van der Waals surface area contributed by atoms with Gasteiger partial charge in [-0.15, -0.1) is 12.4 Å². The van der Waals surface area contributed by atoms with Gasteiger partial charge in [-0.25, -0.2) is 4.79 Å². The Balaban J connectivity index is 0.00000208. The SMILES string of the molecule is CC(C(=O)N1CCN(C(=O)NC2CCCCC2)CC1)C1CNC1.Cl. The third-order valence-corrected chi connectivity index (χ3v) is 5.72. The van der Waals surface area contributed by atoms with E-state index in [1.807, 2.05) is 16.7 Å². The van der Waals surface area contributed by atoms with Gasteiger partial charge in [0.05, 0.1) is 0 Å². The number of halogens is 1. The molecule has 0 radical (unpaired) electrons. The van der Waals surface area contributed by atoms with Crippen molar-refractivity contribution < 1.29 is 9.59 Å². The number of urea groups is 1. The fourth-order valence-corrected chi connectivity index (χ4v) is 3.80. The van der Waals surface area contributed by atoms with Gasteiger partial charge in [0.1, 0.15) is 0 Å². The molecule has 2 N–H and O–H groups in total. The number of carbonyl (C=O) groups excluding carboxylic acids is 2. The summed E-state index contributed by atoms with van der Waals surface area (Å²) in [6, 6.07) is 0.405. The standard InChI is InChI=1S/C17H30N4O2.ClH/c1-13(14-11-18-12-14)16(22)20-7-9-21(10-8-20)17(23)19-15-5-3-2-4-6-15;/h13-15,18H,2-12H2,1H3,(H,19,23);1H. The van der Waals surface area contributed by atoms with Gasteiger partial charge >= 0.3 is 6.03 Å². The predicted molar refractivity (Wildman–Crippen MR) is 96.3 cm³/mol. The summed E-state index contributed by atoms with van der Waals surface area (Å²) in [6.45, 7) is 6.59. The van der Waals surface area contributed by atoms with Crippen LogP contribution in [-0.4, -0.2) is 67.0 Å². The summed E-state index contributed by atoms with van der Waals surface area (Å²) in [5.74, 6) is 0.831. The Morgan fingerprint density at radius 1 is 1.00 bits per heavy atom. The highest BCUT2D eigenvalue weighted by Crippen LogP contribution is 2.20. The van der Waals surface area contributed by atoms with Crippen molar-refractivity contribution in [3.63, 3.8) is 0 Å². The van der Waals surface area contributed by atoms with Gasteiger partial charge in [-0.1, -0.05) is 26.2 Å². The zero-order chi connectivity index (χ0) is 16.2. The normalized spacial score (nSPS) is 23.9. The summed E-state index contributed by atoms with van der Waals surface area (Å²) in [5, 5.41) is 6.40. The molecule has 0 spiro atoms. The largest absolute Gasteiger partial charge is 0.339 e. The number of hydrogen-bond acceptors (Lipinski definition) is 3. The summed E-state index contributed by atoms with van der Waals surface area (Å²) in [6.07, 6.45) is 5.96. The fourth-order valence-electron chi connectivity index (χ4n) is 3.80. The molecule has 1 saturated carbocycles. The quantitative estimate of drug-likeness (QED) is 0.802. The molecule has 0 bridgehead atoms. The molecule has 2 saturated heterocycles. The number of rotatable bonds is 3. The Morgan fingerprint density at radius 3 is 2.12 bits per heavy atom. The van der Waals surface area contributed by atoms with Crippen LogP contribution in [0.2, 0.25) is 0 Å². The van der Waals surface area contributed by atoms with Crippen molar-refractivity contribution in [2.45, 2.75) is 45.1 Å². The summed E-state index contributed by atoms with van der Waals surface area (Å²) in [7, 11) is 0. The number of piperazine rings is 1. The molecule has 3 amide bonds. The molecule has 24 heavy (non-hydrogen) atoms. The molecule has 1 atom stereocenters. The molecule has 0 aromatic rings. The number of nitrogens with one attached hydrogen (secondary N) is 2. The Kier molecular flexibility index (Phi) is 7.16. The zero-order valence-corrected chi connectivity index (χ0v) is 15.4. The Bertz CT molecular complexity index is 430. The third kappa shape index (κ3) is 4.54.